The average molecular weight is 333 g/mol. The highest BCUT2D eigenvalue weighted by molar-refractivity contribution is 6.33. The first-order valence-electron chi connectivity index (χ1n) is 7.89. The molecule has 0 bridgehead atoms. The van der Waals surface area contributed by atoms with E-state index in [1.165, 1.54) is 42.4 Å². The predicted octanol–water partition coefficient (Wildman–Crippen LogP) is 2.60. The number of nitrogens with one attached hydrogen (secondary N) is 1. The van der Waals surface area contributed by atoms with E-state index < -0.39 is 0 Å². The van der Waals surface area contributed by atoms with Gasteiger partial charge in [-0.15, -0.1) is 0 Å². The number of hydrogen-bond acceptors (Lipinski definition) is 3. The molecule has 1 aliphatic rings. The summed E-state index contributed by atoms with van der Waals surface area (Å²) in [6, 6.07) is 8.40. The summed E-state index contributed by atoms with van der Waals surface area (Å²) in [7, 11) is 1.70. The Hall–Kier alpha value is -1.85. The summed E-state index contributed by atoms with van der Waals surface area (Å²) in [5, 5.41) is 7.22. The van der Waals surface area contributed by atoms with E-state index in [4.69, 9.17) is 11.6 Å². The average Bonchev–Trinajstić information content (AvgIpc) is 3.16. The summed E-state index contributed by atoms with van der Waals surface area (Å²) < 4.78 is 1.48. The van der Waals surface area contributed by atoms with Crippen molar-refractivity contribution in [3.8, 4) is 0 Å². The Morgan fingerprint density at radius 3 is 2.48 bits per heavy atom. The van der Waals surface area contributed by atoms with Crippen LogP contribution in [0.3, 0.4) is 0 Å². The maximum Gasteiger partial charge on any atom is 0.271 e. The molecule has 1 fully saturated rings. The minimum absolute atomic E-state index is 0.212. The molecule has 122 valence electrons. The number of benzene rings is 1. The Bertz CT molecular complexity index is 655. The van der Waals surface area contributed by atoms with Crippen molar-refractivity contribution in [1.29, 1.82) is 0 Å². The molecule has 0 saturated carbocycles. The maximum atomic E-state index is 12.2. The van der Waals surface area contributed by atoms with Crippen LogP contribution < -0.4 is 5.32 Å². The normalized spacial score (nSPS) is 15.0. The van der Waals surface area contributed by atoms with Gasteiger partial charge in [0.05, 0.1) is 11.2 Å². The van der Waals surface area contributed by atoms with E-state index in [-0.39, 0.29) is 5.91 Å². The number of aryl methyl sites for hydroxylation is 1. The Balaban J connectivity index is 1.55. The van der Waals surface area contributed by atoms with E-state index in [1.54, 1.807) is 7.05 Å². The fourth-order valence-corrected chi connectivity index (χ4v) is 3.15. The molecule has 6 heteroatoms. The summed E-state index contributed by atoms with van der Waals surface area (Å²) in [5.41, 5.74) is 2.77. The zero-order chi connectivity index (χ0) is 16.2. The first kappa shape index (κ1) is 16.0. The SMILES string of the molecule is Cn1ncc(Cl)c1C(=O)NCc1ccc(CN2CCCC2)cc1. The third-order valence-corrected chi connectivity index (χ3v) is 4.47. The first-order chi connectivity index (χ1) is 11.1. The van der Waals surface area contributed by atoms with Gasteiger partial charge in [0.25, 0.3) is 5.91 Å². The highest BCUT2D eigenvalue weighted by Crippen LogP contribution is 2.15. The van der Waals surface area contributed by atoms with Crippen molar-refractivity contribution in [2.75, 3.05) is 13.1 Å². The van der Waals surface area contributed by atoms with Crippen molar-refractivity contribution < 1.29 is 4.79 Å². The Kier molecular flexibility index (Phi) is 4.98. The van der Waals surface area contributed by atoms with Crippen LogP contribution in [-0.4, -0.2) is 33.7 Å². The maximum absolute atomic E-state index is 12.2. The Morgan fingerprint density at radius 1 is 1.22 bits per heavy atom. The molecule has 0 radical (unpaired) electrons. The van der Waals surface area contributed by atoms with Gasteiger partial charge in [-0.05, 0) is 37.1 Å². The molecule has 1 saturated heterocycles. The van der Waals surface area contributed by atoms with Crippen LogP contribution in [0.15, 0.2) is 30.5 Å². The van der Waals surface area contributed by atoms with Gasteiger partial charge in [-0.1, -0.05) is 35.9 Å². The van der Waals surface area contributed by atoms with Crippen LogP contribution in [0.25, 0.3) is 0 Å². The van der Waals surface area contributed by atoms with Gasteiger partial charge in [-0.25, -0.2) is 0 Å². The minimum Gasteiger partial charge on any atom is -0.347 e. The molecular weight excluding hydrogens is 312 g/mol. The minimum atomic E-state index is -0.212. The van der Waals surface area contributed by atoms with Crippen molar-refractivity contribution in [1.82, 2.24) is 20.0 Å². The topological polar surface area (TPSA) is 50.2 Å². The summed E-state index contributed by atoms with van der Waals surface area (Å²) >= 11 is 5.97. The molecule has 1 amide bonds. The van der Waals surface area contributed by atoms with E-state index >= 15 is 0 Å². The van der Waals surface area contributed by atoms with Crippen LogP contribution in [0, 0.1) is 0 Å². The van der Waals surface area contributed by atoms with Gasteiger partial charge in [-0.3, -0.25) is 14.4 Å². The lowest BCUT2D eigenvalue weighted by Crippen LogP contribution is -2.25. The Morgan fingerprint density at radius 2 is 1.87 bits per heavy atom. The van der Waals surface area contributed by atoms with Crippen LogP contribution in [0.2, 0.25) is 5.02 Å². The Labute approximate surface area is 141 Å². The van der Waals surface area contributed by atoms with Gasteiger partial charge < -0.3 is 5.32 Å². The van der Waals surface area contributed by atoms with Crippen LogP contribution in [0.1, 0.15) is 34.5 Å². The van der Waals surface area contributed by atoms with Crippen molar-refractivity contribution >= 4 is 17.5 Å². The highest BCUT2D eigenvalue weighted by Gasteiger charge is 2.15. The second kappa shape index (κ2) is 7.15. The zero-order valence-corrected chi connectivity index (χ0v) is 14.0. The van der Waals surface area contributed by atoms with E-state index in [2.05, 4.69) is 39.6 Å². The number of amides is 1. The van der Waals surface area contributed by atoms with Crippen LogP contribution in [0.4, 0.5) is 0 Å². The van der Waals surface area contributed by atoms with Crippen molar-refractivity contribution in [3.05, 3.63) is 52.3 Å². The quantitative estimate of drug-likeness (QED) is 0.915. The second-order valence-corrected chi connectivity index (χ2v) is 6.35. The van der Waals surface area contributed by atoms with Gasteiger partial charge in [0.1, 0.15) is 5.69 Å². The lowest BCUT2D eigenvalue weighted by molar-refractivity contribution is 0.0941. The molecule has 1 N–H and O–H groups in total. The largest absolute Gasteiger partial charge is 0.347 e. The number of carbonyl (C=O) groups excluding carboxylic acids is 1. The third kappa shape index (κ3) is 3.92. The van der Waals surface area contributed by atoms with Crippen LogP contribution in [-0.2, 0) is 20.1 Å². The molecule has 1 aromatic carbocycles. The summed E-state index contributed by atoms with van der Waals surface area (Å²) in [5.74, 6) is -0.212. The molecule has 0 aliphatic carbocycles. The summed E-state index contributed by atoms with van der Waals surface area (Å²) in [6.45, 7) is 3.88. The molecule has 2 heterocycles. The molecule has 1 aliphatic heterocycles. The molecule has 5 nitrogen and oxygen atoms in total. The number of hydrogen-bond donors (Lipinski definition) is 1. The lowest BCUT2D eigenvalue weighted by Gasteiger charge is -2.14. The van der Waals surface area contributed by atoms with Gasteiger partial charge >= 0.3 is 0 Å². The van der Waals surface area contributed by atoms with Crippen molar-refractivity contribution in [2.45, 2.75) is 25.9 Å². The van der Waals surface area contributed by atoms with Crippen molar-refractivity contribution in [2.24, 2.45) is 7.05 Å². The third-order valence-electron chi connectivity index (χ3n) is 4.19. The second-order valence-electron chi connectivity index (χ2n) is 5.95. The lowest BCUT2D eigenvalue weighted by atomic mass is 10.1. The number of halogens is 1. The monoisotopic (exact) mass is 332 g/mol. The molecule has 0 atom stereocenters. The summed E-state index contributed by atoms with van der Waals surface area (Å²) in [4.78, 5) is 14.6. The first-order valence-corrected chi connectivity index (χ1v) is 8.27. The van der Waals surface area contributed by atoms with Crippen LogP contribution >= 0.6 is 11.6 Å². The van der Waals surface area contributed by atoms with E-state index in [0.29, 0.717) is 17.3 Å². The molecule has 0 unspecified atom stereocenters. The standard InChI is InChI=1S/C17H21ClN4O/c1-21-16(15(18)11-20-21)17(23)19-10-13-4-6-14(7-5-13)12-22-8-2-3-9-22/h4-7,11H,2-3,8-10,12H2,1H3,(H,19,23). The number of rotatable bonds is 5. The molecule has 2 aromatic rings. The van der Waals surface area contributed by atoms with Crippen LogP contribution in [0.5, 0.6) is 0 Å². The van der Waals surface area contributed by atoms with E-state index in [1.807, 2.05) is 0 Å². The zero-order valence-electron chi connectivity index (χ0n) is 13.3. The summed E-state index contributed by atoms with van der Waals surface area (Å²) in [6.07, 6.45) is 4.09. The number of likely N-dealkylation sites (tertiary alicyclic amines) is 1. The molecule has 23 heavy (non-hydrogen) atoms. The molecular formula is C17H21ClN4O. The van der Waals surface area contributed by atoms with Gasteiger partial charge in [0.15, 0.2) is 0 Å². The number of carbonyl (C=O) groups is 1. The van der Waals surface area contributed by atoms with Gasteiger partial charge in [0.2, 0.25) is 0 Å². The molecule has 0 spiro atoms. The molecule has 1 aromatic heterocycles. The van der Waals surface area contributed by atoms with E-state index in [0.717, 1.165) is 12.1 Å². The van der Waals surface area contributed by atoms with Gasteiger partial charge in [0, 0.05) is 20.1 Å². The van der Waals surface area contributed by atoms with Gasteiger partial charge in [-0.2, -0.15) is 5.10 Å². The predicted molar refractivity (Wildman–Crippen MR) is 90.3 cm³/mol. The number of nitrogens with zero attached hydrogens (tertiary/aromatic N) is 3. The van der Waals surface area contributed by atoms with E-state index in [9.17, 15) is 4.79 Å². The molecule has 3 rings (SSSR count). The van der Waals surface area contributed by atoms with Crippen molar-refractivity contribution in [3.63, 3.8) is 0 Å². The fraction of sp³-hybridized carbons (Fsp3) is 0.412. The number of aromatic nitrogens is 2. The fourth-order valence-electron chi connectivity index (χ4n) is 2.89. The highest BCUT2D eigenvalue weighted by atomic mass is 35.5. The smallest absolute Gasteiger partial charge is 0.271 e.